The molecule has 2 heterocycles. The van der Waals surface area contributed by atoms with Crippen LogP contribution in [-0.2, 0) is 39.5 Å². The number of anilines is 1. The second-order valence-corrected chi connectivity index (χ2v) is 12.6. The predicted octanol–water partition coefficient (Wildman–Crippen LogP) is 2.07. The zero-order valence-corrected chi connectivity index (χ0v) is 24.5. The van der Waals surface area contributed by atoms with Gasteiger partial charge in [-0.1, -0.05) is 37.3 Å². The number of hydrogen-bond donors (Lipinski definition) is 2. The number of sulfonamides is 1. The number of nitrogens with one attached hydrogen (secondary N) is 1. The van der Waals surface area contributed by atoms with Crippen molar-refractivity contribution < 1.29 is 27.9 Å². The van der Waals surface area contributed by atoms with Gasteiger partial charge >= 0.3 is 0 Å². The lowest BCUT2D eigenvalue weighted by Crippen LogP contribution is -2.48. The second-order valence-electron chi connectivity index (χ2n) is 10.6. The third-order valence-corrected chi connectivity index (χ3v) is 8.91. The molecule has 2 amide bonds. The summed E-state index contributed by atoms with van der Waals surface area (Å²) in [5, 5.41) is 12.7. The fourth-order valence-corrected chi connectivity index (χ4v) is 5.89. The Kier molecular flexibility index (Phi) is 9.46. The quantitative estimate of drug-likeness (QED) is 0.394. The molecule has 3 atom stereocenters. The zero-order chi connectivity index (χ0) is 29.7. The highest BCUT2D eigenvalue weighted by Crippen LogP contribution is 2.30. The van der Waals surface area contributed by atoms with Crippen LogP contribution in [0.4, 0.5) is 5.69 Å². The van der Waals surface area contributed by atoms with Crippen LogP contribution in [0.3, 0.4) is 0 Å². The Morgan fingerprint density at radius 1 is 1.24 bits per heavy atom. The summed E-state index contributed by atoms with van der Waals surface area (Å²) in [4.78, 5) is 31.7. The smallest absolute Gasteiger partial charge is 0.261 e. The average Bonchev–Trinajstić information content (AvgIpc) is 3.40. The van der Waals surface area contributed by atoms with Crippen LogP contribution in [0, 0.1) is 5.92 Å². The number of aromatic nitrogens is 2. The molecule has 11 nitrogen and oxygen atoms in total. The van der Waals surface area contributed by atoms with E-state index >= 15 is 0 Å². The van der Waals surface area contributed by atoms with Gasteiger partial charge in [-0.15, -0.1) is 0 Å². The van der Waals surface area contributed by atoms with E-state index in [0.717, 1.165) is 5.56 Å². The summed E-state index contributed by atoms with van der Waals surface area (Å²) in [6, 6.07) is 14.0. The number of aryl methyl sites for hydroxylation is 1. The van der Waals surface area contributed by atoms with Crippen molar-refractivity contribution in [2.45, 2.75) is 43.9 Å². The molecular weight excluding hydrogens is 546 g/mol. The van der Waals surface area contributed by atoms with Crippen molar-refractivity contribution in [1.82, 2.24) is 18.8 Å². The van der Waals surface area contributed by atoms with E-state index in [1.165, 1.54) is 23.9 Å². The fourth-order valence-electron chi connectivity index (χ4n) is 4.74. The van der Waals surface area contributed by atoms with Crippen molar-refractivity contribution in [3.05, 3.63) is 72.2 Å². The Balaban J connectivity index is 1.62. The van der Waals surface area contributed by atoms with Crippen molar-refractivity contribution in [3.63, 3.8) is 0 Å². The molecule has 1 aliphatic heterocycles. The standard InChI is InChI=1S/C29H37N5O6S/c1-20-15-34(21(2)18-35)29(37)14-23-13-24(31-27(36)12-22-8-6-5-7-9-22)10-11-25(23)40-26(20)16-33(4)41(38,39)28-17-32(3)19-30-28/h5-11,13,17,19-21,26,35H,12,14-16,18H2,1-4H3,(H,31,36)/t20-,21-,26+/m1/s1. The first-order valence-corrected chi connectivity index (χ1v) is 14.9. The summed E-state index contributed by atoms with van der Waals surface area (Å²) < 4.78 is 35.6. The number of nitrogens with zero attached hydrogens (tertiary/aromatic N) is 4. The summed E-state index contributed by atoms with van der Waals surface area (Å²) >= 11 is 0. The molecule has 2 aromatic carbocycles. The molecule has 0 saturated heterocycles. The van der Waals surface area contributed by atoms with E-state index in [1.54, 1.807) is 41.6 Å². The Labute approximate surface area is 240 Å². The van der Waals surface area contributed by atoms with Gasteiger partial charge in [-0.05, 0) is 30.7 Å². The Bertz CT molecular complexity index is 1480. The normalized spacial score (nSPS) is 18.6. The number of hydrogen-bond acceptors (Lipinski definition) is 7. The highest BCUT2D eigenvalue weighted by molar-refractivity contribution is 7.89. The number of amides is 2. The minimum absolute atomic E-state index is 0.00458. The topological polar surface area (TPSA) is 134 Å². The van der Waals surface area contributed by atoms with E-state index in [0.29, 0.717) is 17.0 Å². The van der Waals surface area contributed by atoms with Crippen LogP contribution < -0.4 is 10.1 Å². The van der Waals surface area contributed by atoms with E-state index in [4.69, 9.17) is 4.74 Å². The van der Waals surface area contributed by atoms with Gasteiger partial charge in [0.25, 0.3) is 10.0 Å². The monoisotopic (exact) mass is 583 g/mol. The third-order valence-electron chi connectivity index (χ3n) is 7.20. The van der Waals surface area contributed by atoms with Gasteiger partial charge < -0.3 is 24.6 Å². The Hall–Kier alpha value is -3.74. The van der Waals surface area contributed by atoms with Crippen LogP contribution in [0.2, 0.25) is 0 Å². The third kappa shape index (κ3) is 7.32. The average molecular weight is 584 g/mol. The van der Waals surface area contributed by atoms with Crippen LogP contribution in [0.5, 0.6) is 5.75 Å². The van der Waals surface area contributed by atoms with Gasteiger partial charge in [0.15, 0.2) is 5.03 Å². The van der Waals surface area contributed by atoms with Crippen molar-refractivity contribution in [2.24, 2.45) is 13.0 Å². The van der Waals surface area contributed by atoms with Gasteiger partial charge in [-0.25, -0.2) is 13.4 Å². The molecule has 2 N–H and O–H groups in total. The van der Waals surface area contributed by atoms with E-state index in [1.807, 2.05) is 37.3 Å². The molecule has 1 aliphatic rings. The lowest BCUT2D eigenvalue weighted by Gasteiger charge is -2.33. The number of aliphatic hydroxyl groups excluding tert-OH is 1. The molecule has 4 rings (SSSR count). The van der Waals surface area contributed by atoms with Gasteiger partial charge in [-0.3, -0.25) is 9.59 Å². The van der Waals surface area contributed by atoms with E-state index in [-0.39, 0.29) is 55.3 Å². The Morgan fingerprint density at radius 3 is 2.63 bits per heavy atom. The molecule has 0 spiro atoms. The van der Waals surface area contributed by atoms with Crippen molar-refractivity contribution >= 4 is 27.5 Å². The molecule has 0 unspecified atom stereocenters. The molecule has 0 saturated carbocycles. The van der Waals surface area contributed by atoms with Gasteiger partial charge in [-0.2, -0.15) is 4.31 Å². The van der Waals surface area contributed by atoms with E-state index in [9.17, 15) is 23.1 Å². The molecule has 0 aliphatic carbocycles. The molecule has 0 fully saturated rings. The number of carbonyl (C=O) groups excluding carboxylic acids is 2. The number of carbonyl (C=O) groups is 2. The number of likely N-dealkylation sites (N-methyl/N-ethyl adjacent to an activating group) is 1. The first-order chi connectivity index (χ1) is 19.5. The summed E-state index contributed by atoms with van der Waals surface area (Å²) in [5.74, 6) is -0.259. The SMILES string of the molecule is C[C@@H]1CN([C@H](C)CO)C(=O)Cc2cc(NC(=O)Cc3ccccc3)ccc2O[C@H]1CN(C)S(=O)(=O)c1cn(C)cn1. The maximum absolute atomic E-state index is 13.4. The van der Waals surface area contributed by atoms with E-state index in [2.05, 4.69) is 10.3 Å². The molecule has 12 heteroatoms. The van der Waals surface area contributed by atoms with Crippen LogP contribution in [0.15, 0.2) is 66.1 Å². The first kappa shape index (κ1) is 30.2. The van der Waals surface area contributed by atoms with Gasteiger partial charge in [0, 0.05) is 44.0 Å². The lowest BCUT2D eigenvalue weighted by molar-refractivity contribution is -0.134. The van der Waals surface area contributed by atoms with Gasteiger partial charge in [0.2, 0.25) is 11.8 Å². The van der Waals surface area contributed by atoms with Crippen LogP contribution >= 0.6 is 0 Å². The number of fused-ring (bicyclic) bond motifs is 1. The number of aliphatic hydroxyl groups is 1. The number of benzene rings is 2. The number of rotatable bonds is 9. The van der Waals surface area contributed by atoms with Crippen LogP contribution in [-0.4, -0.2) is 83.0 Å². The molecule has 41 heavy (non-hydrogen) atoms. The maximum Gasteiger partial charge on any atom is 0.261 e. The Morgan fingerprint density at radius 2 is 1.98 bits per heavy atom. The molecular formula is C29H37N5O6S. The molecule has 3 aromatic rings. The fraction of sp³-hybridized carbons (Fsp3) is 0.414. The van der Waals surface area contributed by atoms with Gasteiger partial charge in [0.05, 0.1) is 38.4 Å². The second kappa shape index (κ2) is 12.8. The molecule has 0 bridgehead atoms. The first-order valence-electron chi connectivity index (χ1n) is 13.5. The lowest BCUT2D eigenvalue weighted by atomic mass is 10.0. The predicted molar refractivity (Wildman–Crippen MR) is 154 cm³/mol. The van der Waals surface area contributed by atoms with Crippen molar-refractivity contribution in [3.8, 4) is 5.75 Å². The summed E-state index contributed by atoms with van der Waals surface area (Å²) in [5.41, 5.74) is 1.94. The van der Waals surface area contributed by atoms with Crippen LogP contribution in [0.1, 0.15) is 25.0 Å². The summed E-state index contributed by atoms with van der Waals surface area (Å²) in [6.45, 7) is 3.69. The summed E-state index contributed by atoms with van der Waals surface area (Å²) in [6.07, 6.45) is 2.42. The minimum atomic E-state index is -3.89. The minimum Gasteiger partial charge on any atom is -0.488 e. The molecule has 220 valence electrons. The largest absolute Gasteiger partial charge is 0.488 e. The summed E-state index contributed by atoms with van der Waals surface area (Å²) in [7, 11) is -0.723. The van der Waals surface area contributed by atoms with Gasteiger partial charge in [0.1, 0.15) is 11.9 Å². The number of imidazole rings is 1. The highest BCUT2D eigenvalue weighted by atomic mass is 32.2. The zero-order valence-electron chi connectivity index (χ0n) is 23.7. The van der Waals surface area contributed by atoms with Crippen molar-refractivity contribution in [2.75, 3.05) is 32.1 Å². The number of ether oxygens (including phenoxy) is 1. The molecule has 0 radical (unpaired) electrons. The maximum atomic E-state index is 13.4. The van der Waals surface area contributed by atoms with E-state index < -0.39 is 22.2 Å². The van der Waals surface area contributed by atoms with Crippen molar-refractivity contribution in [1.29, 1.82) is 0 Å². The van der Waals surface area contributed by atoms with Crippen LogP contribution in [0.25, 0.3) is 0 Å². The molecule has 1 aromatic heterocycles. The highest BCUT2D eigenvalue weighted by Gasteiger charge is 2.34.